The maximum Gasteiger partial charge on any atom is 0.0546 e. The number of aliphatic hydroxyl groups is 1. The smallest absolute Gasteiger partial charge is 0.0546 e. The zero-order valence-corrected chi connectivity index (χ0v) is 7.84. The minimum Gasteiger partial charge on any atom is -0.393 e. The summed E-state index contributed by atoms with van der Waals surface area (Å²) in [4.78, 5) is 0. The molecule has 12 heavy (non-hydrogen) atoms. The van der Waals surface area contributed by atoms with Gasteiger partial charge in [-0.15, -0.1) is 0 Å². The van der Waals surface area contributed by atoms with Crippen LogP contribution in [0.3, 0.4) is 0 Å². The molecule has 0 unspecified atom stereocenters. The van der Waals surface area contributed by atoms with Crippen molar-refractivity contribution >= 4 is 0 Å². The largest absolute Gasteiger partial charge is 0.393 e. The summed E-state index contributed by atoms with van der Waals surface area (Å²) in [5, 5.41) is 12.4. The summed E-state index contributed by atoms with van der Waals surface area (Å²) in [5.74, 6) is 0.699. The quantitative estimate of drug-likeness (QED) is 0.608. The lowest BCUT2D eigenvalue weighted by molar-refractivity contribution is 0.0434. The predicted molar refractivity (Wildman–Crippen MR) is 51.0 cm³/mol. The van der Waals surface area contributed by atoms with Crippen molar-refractivity contribution in [1.29, 1.82) is 0 Å². The molecule has 2 N–H and O–H groups in total. The van der Waals surface area contributed by atoms with E-state index in [0.717, 1.165) is 32.4 Å². The monoisotopic (exact) mass is 169 g/mol. The first-order chi connectivity index (χ1) is 5.72. The summed E-state index contributed by atoms with van der Waals surface area (Å²) in [6.07, 6.45) is 2.99. The van der Waals surface area contributed by atoms with E-state index in [-0.39, 0.29) is 6.10 Å². The molecule has 0 amide bonds. The zero-order chi connectivity index (χ0) is 8.97. The van der Waals surface area contributed by atoms with E-state index in [1.165, 1.54) is 5.57 Å². The van der Waals surface area contributed by atoms with Crippen LogP contribution in [0.25, 0.3) is 0 Å². The average Bonchev–Trinajstić information content (AvgIpc) is 2.01. The van der Waals surface area contributed by atoms with E-state index >= 15 is 0 Å². The second-order valence-corrected chi connectivity index (χ2v) is 3.73. The molecule has 0 saturated heterocycles. The number of nitrogens with one attached hydrogen (secondary N) is 1. The van der Waals surface area contributed by atoms with Crippen LogP contribution in [-0.4, -0.2) is 24.3 Å². The fourth-order valence-corrected chi connectivity index (χ4v) is 1.45. The summed E-state index contributed by atoms with van der Waals surface area (Å²) >= 11 is 0. The molecule has 0 atom stereocenters. The summed E-state index contributed by atoms with van der Waals surface area (Å²) in [5.41, 5.74) is 1.26. The van der Waals surface area contributed by atoms with E-state index in [9.17, 15) is 0 Å². The van der Waals surface area contributed by atoms with Gasteiger partial charge in [0.2, 0.25) is 0 Å². The molecule has 0 aromatic carbocycles. The third kappa shape index (κ3) is 2.95. The number of rotatable bonds is 5. The van der Waals surface area contributed by atoms with Gasteiger partial charge in [-0.3, -0.25) is 0 Å². The van der Waals surface area contributed by atoms with Crippen molar-refractivity contribution < 1.29 is 5.11 Å². The maximum absolute atomic E-state index is 9.03. The molecule has 0 bridgehead atoms. The molecule has 0 spiro atoms. The normalized spacial score (nSPS) is 28.2. The number of aliphatic hydroxyl groups excluding tert-OH is 1. The minimum atomic E-state index is -0.0221. The highest BCUT2D eigenvalue weighted by Gasteiger charge is 2.26. The second kappa shape index (κ2) is 4.63. The van der Waals surface area contributed by atoms with Crippen molar-refractivity contribution in [3.05, 3.63) is 12.2 Å². The Bertz CT molecular complexity index is 150. The van der Waals surface area contributed by atoms with Crippen LogP contribution >= 0.6 is 0 Å². The highest BCUT2D eigenvalue weighted by molar-refractivity contribution is 4.95. The van der Waals surface area contributed by atoms with Crippen LogP contribution in [0, 0.1) is 5.92 Å². The first-order valence-corrected chi connectivity index (χ1v) is 4.77. The molecule has 0 aromatic rings. The second-order valence-electron chi connectivity index (χ2n) is 3.73. The Morgan fingerprint density at radius 3 is 2.75 bits per heavy atom. The van der Waals surface area contributed by atoms with Gasteiger partial charge >= 0.3 is 0 Å². The van der Waals surface area contributed by atoms with Crippen molar-refractivity contribution in [2.45, 2.75) is 32.3 Å². The molecule has 1 aliphatic rings. The van der Waals surface area contributed by atoms with Crippen LogP contribution in [0.5, 0.6) is 0 Å². The van der Waals surface area contributed by atoms with Crippen molar-refractivity contribution in [1.82, 2.24) is 5.32 Å². The lowest BCUT2D eigenvalue weighted by Gasteiger charge is -2.31. The van der Waals surface area contributed by atoms with E-state index in [0.29, 0.717) is 5.92 Å². The molecule has 0 aliphatic heterocycles. The fourth-order valence-electron chi connectivity index (χ4n) is 1.45. The van der Waals surface area contributed by atoms with Gasteiger partial charge in [-0.05, 0) is 31.7 Å². The zero-order valence-electron chi connectivity index (χ0n) is 7.84. The molecule has 70 valence electrons. The van der Waals surface area contributed by atoms with Gasteiger partial charge in [-0.2, -0.15) is 0 Å². The van der Waals surface area contributed by atoms with Crippen molar-refractivity contribution in [3.8, 4) is 0 Å². The fraction of sp³-hybridized carbons (Fsp3) is 0.800. The highest BCUT2D eigenvalue weighted by atomic mass is 16.3. The topological polar surface area (TPSA) is 32.3 Å². The third-order valence-electron chi connectivity index (χ3n) is 2.52. The van der Waals surface area contributed by atoms with Crippen LogP contribution < -0.4 is 5.32 Å². The molecular weight excluding hydrogens is 150 g/mol. The van der Waals surface area contributed by atoms with Crippen LogP contribution in [-0.2, 0) is 0 Å². The minimum absolute atomic E-state index is 0.0221. The van der Waals surface area contributed by atoms with Crippen LogP contribution in [0.1, 0.15) is 26.2 Å². The maximum atomic E-state index is 9.03. The van der Waals surface area contributed by atoms with E-state index < -0.39 is 0 Å². The molecule has 2 nitrogen and oxygen atoms in total. The van der Waals surface area contributed by atoms with Crippen molar-refractivity contribution in [3.63, 3.8) is 0 Å². The molecule has 1 rings (SSSR count). The third-order valence-corrected chi connectivity index (χ3v) is 2.52. The molecule has 1 saturated carbocycles. The first kappa shape index (κ1) is 9.75. The van der Waals surface area contributed by atoms with Crippen molar-refractivity contribution in [2.24, 2.45) is 5.92 Å². The Hall–Kier alpha value is -0.340. The molecule has 0 radical (unpaired) electrons. The van der Waals surface area contributed by atoms with Gasteiger partial charge in [-0.25, -0.2) is 0 Å². The van der Waals surface area contributed by atoms with E-state index in [4.69, 9.17) is 5.11 Å². The Labute approximate surface area is 74.7 Å². The van der Waals surface area contributed by atoms with Crippen LogP contribution in [0.15, 0.2) is 12.2 Å². The Kier molecular flexibility index (Phi) is 3.76. The highest BCUT2D eigenvalue weighted by Crippen LogP contribution is 2.25. The first-order valence-electron chi connectivity index (χ1n) is 4.77. The van der Waals surface area contributed by atoms with Gasteiger partial charge in [0.15, 0.2) is 0 Å². The summed E-state index contributed by atoms with van der Waals surface area (Å²) in [6, 6.07) is 0. The van der Waals surface area contributed by atoms with Gasteiger partial charge in [0, 0.05) is 6.54 Å². The molecule has 0 aromatic heterocycles. The van der Waals surface area contributed by atoms with Gasteiger partial charge in [-0.1, -0.05) is 19.1 Å². The SMILES string of the molecule is C=C(CC)CNCC1CC(O)C1. The lowest BCUT2D eigenvalue weighted by Crippen LogP contribution is -2.36. The van der Waals surface area contributed by atoms with Gasteiger partial charge in [0.25, 0.3) is 0 Å². The van der Waals surface area contributed by atoms with Crippen LogP contribution in [0.2, 0.25) is 0 Å². The Morgan fingerprint density at radius 1 is 1.58 bits per heavy atom. The average molecular weight is 169 g/mol. The summed E-state index contributed by atoms with van der Waals surface area (Å²) in [7, 11) is 0. The molecule has 0 heterocycles. The Morgan fingerprint density at radius 2 is 2.25 bits per heavy atom. The van der Waals surface area contributed by atoms with E-state index in [1.807, 2.05) is 0 Å². The predicted octanol–water partition coefficient (Wildman–Crippen LogP) is 1.31. The number of hydrogen-bond donors (Lipinski definition) is 2. The van der Waals surface area contributed by atoms with Gasteiger partial charge < -0.3 is 10.4 Å². The van der Waals surface area contributed by atoms with E-state index in [1.54, 1.807) is 0 Å². The molecule has 1 fully saturated rings. The number of hydrogen-bond acceptors (Lipinski definition) is 2. The summed E-state index contributed by atoms with van der Waals surface area (Å²) < 4.78 is 0. The molecular formula is C10H19NO. The standard InChI is InChI=1S/C10H19NO/c1-3-8(2)6-11-7-9-4-10(12)5-9/h9-12H,2-7H2,1H3. The van der Waals surface area contributed by atoms with Gasteiger partial charge in [0.1, 0.15) is 0 Å². The van der Waals surface area contributed by atoms with E-state index in [2.05, 4.69) is 18.8 Å². The lowest BCUT2D eigenvalue weighted by atomic mass is 9.82. The van der Waals surface area contributed by atoms with Gasteiger partial charge in [0.05, 0.1) is 6.10 Å². The Balaban J connectivity index is 1.93. The molecule has 1 aliphatic carbocycles. The molecule has 2 heteroatoms. The summed E-state index contributed by atoms with van der Waals surface area (Å²) in [6.45, 7) is 8.01. The van der Waals surface area contributed by atoms with Crippen LogP contribution in [0.4, 0.5) is 0 Å². The van der Waals surface area contributed by atoms with Crippen molar-refractivity contribution in [2.75, 3.05) is 13.1 Å².